The highest BCUT2D eigenvalue weighted by atomic mass is 16.5. The number of nitrogens with zero attached hydrogens (tertiary/aromatic N) is 1. The standard InChI is InChI=1S/C30H29N3O4/c1-18-23(14-19-12-13-20(35-2)15-27(19)33-18)30(34)32-17-25(22-9-7-11-28(36-3)29(22)37-4)24-16-31-26-10-6-5-8-21(24)26/h5-16,25,31H,17H2,1-4H3,(H,32,34). The van der Waals surface area contributed by atoms with Gasteiger partial charge in [0, 0.05) is 46.6 Å². The highest BCUT2D eigenvalue weighted by molar-refractivity contribution is 5.99. The molecule has 0 radical (unpaired) electrons. The summed E-state index contributed by atoms with van der Waals surface area (Å²) in [5.74, 6) is 1.64. The Morgan fingerprint density at radius 1 is 0.946 bits per heavy atom. The minimum atomic E-state index is -0.192. The lowest BCUT2D eigenvalue weighted by molar-refractivity contribution is 0.0951. The molecule has 1 unspecified atom stereocenters. The fourth-order valence-corrected chi connectivity index (χ4v) is 4.85. The van der Waals surface area contributed by atoms with E-state index in [9.17, 15) is 4.79 Å². The molecule has 2 aromatic heterocycles. The van der Waals surface area contributed by atoms with Gasteiger partial charge in [-0.2, -0.15) is 0 Å². The van der Waals surface area contributed by atoms with E-state index in [0.29, 0.717) is 29.3 Å². The fraction of sp³-hybridized carbons (Fsp3) is 0.200. The van der Waals surface area contributed by atoms with Crippen molar-refractivity contribution in [3.05, 3.63) is 95.3 Å². The van der Waals surface area contributed by atoms with Crippen LogP contribution >= 0.6 is 0 Å². The van der Waals surface area contributed by atoms with E-state index in [4.69, 9.17) is 14.2 Å². The zero-order valence-corrected chi connectivity index (χ0v) is 21.3. The van der Waals surface area contributed by atoms with Crippen LogP contribution in [0.5, 0.6) is 17.2 Å². The van der Waals surface area contributed by atoms with E-state index in [2.05, 4.69) is 21.4 Å². The van der Waals surface area contributed by atoms with Crippen molar-refractivity contribution >= 4 is 27.7 Å². The van der Waals surface area contributed by atoms with Crippen LogP contribution < -0.4 is 19.5 Å². The first kappa shape index (κ1) is 24.2. The molecular weight excluding hydrogens is 466 g/mol. The summed E-state index contributed by atoms with van der Waals surface area (Å²) in [6.07, 6.45) is 2.00. The quantitative estimate of drug-likeness (QED) is 0.292. The Morgan fingerprint density at radius 3 is 2.57 bits per heavy atom. The summed E-state index contributed by atoms with van der Waals surface area (Å²) < 4.78 is 16.6. The van der Waals surface area contributed by atoms with Crippen LogP contribution in [0.3, 0.4) is 0 Å². The lowest BCUT2D eigenvalue weighted by atomic mass is 9.89. The summed E-state index contributed by atoms with van der Waals surface area (Å²) in [4.78, 5) is 21.4. The molecule has 188 valence electrons. The monoisotopic (exact) mass is 495 g/mol. The number of rotatable bonds is 8. The van der Waals surface area contributed by atoms with Gasteiger partial charge in [-0.05, 0) is 42.8 Å². The summed E-state index contributed by atoms with van der Waals surface area (Å²) in [5, 5.41) is 5.11. The molecule has 2 heterocycles. The van der Waals surface area contributed by atoms with E-state index in [1.165, 1.54) is 0 Å². The van der Waals surface area contributed by atoms with Gasteiger partial charge in [-0.3, -0.25) is 9.78 Å². The summed E-state index contributed by atoms with van der Waals surface area (Å²) >= 11 is 0. The van der Waals surface area contributed by atoms with E-state index in [1.54, 1.807) is 21.3 Å². The molecule has 1 amide bonds. The molecule has 0 saturated heterocycles. The highest BCUT2D eigenvalue weighted by Gasteiger charge is 2.25. The predicted octanol–water partition coefficient (Wildman–Crippen LogP) is 5.61. The van der Waals surface area contributed by atoms with Crippen LogP contribution in [0.4, 0.5) is 0 Å². The third-order valence-corrected chi connectivity index (χ3v) is 6.73. The normalized spacial score (nSPS) is 11.9. The van der Waals surface area contributed by atoms with Crippen LogP contribution in [0.15, 0.2) is 72.9 Å². The average Bonchev–Trinajstić information content (AvgIpc) is 3.36. The van der Waals surface area contributed by atoms with E-state index in [1.807, 2.05) is 73.8 Å². The minimum absolute atomic E-state index is 0.186. The van der Waals surface area contributed by atoms with Crippen molar-refractivity contribution in [3.63, 3.8) is 0 Å². The molecule has 0 aliphatic heterocycles. The average molecular weight is 496 g/mol. The molecule has 0 spiro atoms. The number of aryl methyl sites for hydroxylation is 1. The van der Waals surface area contributed by atoms with Crippen LogP contribution in [-0.2, 0) is 0 Å². The van der Waals surface area contributed by atoms with Gasteiger partial charge in [0.15, 0.2) is 11.5 Å². The van der Waals surface area contributed by atoms with Gasteiger partial charge >= 0.3 is 0 Å². The second-order valence-corrected chi connectivity index (χ2v) is 8.81. The maximum absolute atomic E-state index is 13.4. The molecule has 5 aromatic rings. The Morgan fingerprint density at radius 2 is 1.78 bits per heavy atom. The number of carbonyl (C=O) groups is 1. The Hall–Kier alpha value is -4.52. The highest BCUT2D eigenvalue weighted by Crippen LogP contribution is 2.40. The number of methoxy groups -OCH3 is 3. The van der Waals surface area contributed by atoms with Crippen molar-refractivity contribution in [1.29, 1.82) is 0 Å². The second-order valence-electron chi connectivity index (χ2n) is 8.81. The van der Waals surface area contributed by atoms with Crippen molar-refractivity contribution in [2.24, 2.45) is 0 Å². The number of aromatic amines is 1. The Labute approximate surface area is 215 Å². The van der Waals surface area contributed by atoms with Crippen LogP contribution in [-0.4, -0.2) is 43.7 Å². The molecule has 0 saturated carbocycles. The molecule has 7 heteroatoms. The number of benzene rings is 3. The van der Waals surface area contributed by atoms with Crippen molar-refractivity contribution < 1.29 is 19.0 Å². The Balaban J connectivity index is 1.52. The Kier molecular flexibility index (Phi) is 6.68. The van der Waals surface area contributed by atoms with Gasteiger partial charge < -0.3 is 24.5 Å². The van der Waals surface area contributed by atoms with Crippen LogP contribution in [0.1, 0.15) is 33.1 Å². The molecule has 0 fully saturated rings. The number of pyridine rings is 1. The molecule has 5 rings (SSSR count). The maximum atomic E-state index is 13.4. The van der Waals surface area contributed by atoms with Crippen molar-refractivity contribution in [2.45, 2.75) is 12.8 Å². The molecule has 2 N–H and O–H groups in total. The zero-order chi connectivity index (χ0) is 25.9. The lowest BCUT2D eigenvalue weighted by Gasteiger charge is -2.22. The van der Waals surface area contributed by atoms with Crippen molar-refractivity contribution in [1.82, 2.24) is 15.3 Å². The smallest absolute Gasteiger partial charge is 0.253 e. The van der Waals surface area contributed by atoms with Gasteiger partial charge in [0.05, 0.1) is 38.1 Å². The predicted molar refractivity (Wildman–Crippen MR) is 145 cm³/mol. The first-order valence-corrected chi connectivity index (χ1v) is 12.0. The summed E-state index contributed by atoms with van der Waals surface area (Å²) in [5.41, 5.74) is 4.98. The van der Waals surface area contributed by atoms with Gasteiger partial charge in [0.1, 0.15) is 5.75 Å². The number of aromatic nitrogens is 2. The molecule has 7 nitrogen and oxygen atoms in total. The summed E-state index contributed by atoms with van der Waals surface area (Å²) in [6.45, 7) is 2.19. The van der Waals surface area contributed by atoms with Crippen LogP contribution in [0, 0.1) is 6.92 Å². The van der Waals surface area contributed by atoms with E-state index in [-0.39, 0.29) is 11.8 Å². The number of H-pyrrole nitrogens is 1. The van der Waals surface area contributed by atoms with E-state index >= 15 is 0 Å². The van der Waals surface area contributed by atoms with Gasteiger partial charge in [-0.15, -0.1) is 0 Å². The third kappa shape index (κ3) is 4.56. The minimum Gasteiger partial charge on any atom is -0.497 e. The topological polar surface area (TPSA) is 85.5 Å². The number of fused-ring (bicyclic) bond motifs is 2. The number of ether oxygens (including phenoxy) is 3. The second kappa shape index (κ2) is 10.2. The third-order valence-electron chi connectivity index (χ3n) is 6.73. The molecule has 0 aliphatic carbocycles. The van der Waals surface area contributed by atoms with E-state index < -0.39 is 0 Å². The first-order valence-electron chi connectivity index (χ1n) is 12.0. The van der Waals surface area contributed by atoms with Gasteiger partial charge in [-0.25, -0.2) is 0 Å². The first-order chi connectivity index (χ1) is 18.0. The summed E-state index contributed by atoms with van der Waals surface area (Å²) in [6, 6.07) is 21.5. The largest absolute Gasteiger partial charge is 0.497 e. The molecular formula is C30H29N3O4. The SMILES string of the molecule is COc1ccc2cc(C(=O)NCC(c3cccc(OC)c3OC)c3c[nH]c4ccccc34)c(C)nc2c1. The van der Waals surface area contributed by atoms with Crippen LogP contribution in [0.25, 0.3) is 21.8 Å². The Bertz CT molecular complexity index is 1590. The molecule has 1 atom stereocenters. The van der Waals surface area contributed by atoms with Crippen molar-refractivity contribution in [2.75, 3.05) is 27.9 Å². The van der Waals surface area contributed by atoms with Gasteiger partial charge in [0.25, 0.3) is 5.91 Å². The number of para-hydroxylation sites is 2. The van der Waals surface area contributed by atoms with E-state index in [0.717, 1.165) is 38.7 Å². The molecule has 37 heavy (non-hydrogen) atoms. The fourth-order valence-electron chi connectivity index (χ4n) is 4.85. The maximum Gasteiger partial charge on any atom is 0.253 e. The molecule has 0 aliphatic rings. The number of carbonyl (C=O) groups excluding carboxylic acids is 1. The number of hydrogen-bond acceptors (Lipinski definition) is 5. The van der Waals surface area contributed by atoms with Crippen molar-refractivity contribution in [3.8, 4) is 17.2 Å². The number of nitrogens with one attached hydrogen (secondary N) is 2. The number of amides is 1. The number of hydrogen-bond donors (Lipinski definition) is 2. The summed E-state index contributed by atoms with van der Waals surface area (Å²) in [7, 11) is 4.87. The van der Waals surface area contributed by atoms with Gasteiger partial charge in [-0.1, -0.05) is 30.3 Å². The van der Waals surface area contributed by atoms with Gasteiger partial charge in [0.2, 0.25) is 0 Å². The zero-order valence-electron chi connectivity index (χ0n) is 21.3. The lowest BCUT2D eigenvalue weighted by Crippen LogP contribution is -2.29. The molecule has 3 aromatic carbocycles. The van der Waals surface area contributed by atoms with Crippen LogP contribution in [0.2, 0.25) is 0 Å². The molecule has 0 bridgehead atoms.